The first-order valence-electron chi connectivity index (χ1n) is 3.64. The summed E-state index contributed by atoms with van der Waals surface area (Å²) in [4.78, 5) is 0. The largest absolute Gasteiger partial charge is 0.580 e. The van der Waals surface area contributed by atoms with Gasteiger partial charge in [-0.15, -0.1) is 0 Å². The molecule has 1 fully saturated rings. The third kappa shape index (κ3) is 1.42. The normalized spacial score (nSPS) is 27.5. The molecule has 11 heavy (non-hydrogen) atoms. The van der Waals surface area contributed by atoms with Crippen molar-refractivity contribution in [2.45, 2.75) is 38.9 Å². The first-order valence-corrected chi connectivity index (χ1v) is 3.64. The summed E-state index contributed by atoms with van der Waals surface area (Å²) < 4.78 is 10.7. The molecule has 0 amide bonds. The average Bonchev–Trinajstić information content (AvgIpc) is 2.03. The van der Waals surface area contributed by atoms with Gasteiger partial charge in [-0.25, -0.2) is 0 Å². The highest BCUT2D eigenvalue weighted by Gasteiger charge is 2.51. The van der Waals surface area contributed by atoms with Gasteiger partial charge in [0.25, 0.3) is 0 Å². The highest BCUT2D eigenvalue weighted by molar-refractivity contribution is 6.41. The fourth-order valence-corrected chi connectivity index (χ4v) is 0.896. The smallest absolute Gasteiger partial charge is 0.388 e. The third-order valence-corrected chi connectivity index (χ3v) is 2.36. The summed E-state index contributed by atoms with van der Waals surface area (Å²) in [6.07, 6.45) is 0. The minimum atomic E-state index is -0.708. The standard InChI is InChI=1S/C6H14BNO3/c1-5(2)6(3,4)11-7(8-9)10-5/h8-9H,1-4H3. The summed E-state index contributed by atoms with van der Waals surface area (Å²) in [6, 6.07) is 0. The van der Waals surface area contributed by atoms with Gasteiger partial charge in [0.05, 0.1) is 11.2 Å². The van der Waals surface area contributed by atoms with Gasteiger partial charge < -0.3 is 14.5 Å². The van der Waals surface area contributed by atoms with Crippen LogP contribution in [0.5, 0.6) is 0 Å². The molecule has 0 aromatic carbocycles. The lowest BCUT2D eigenvalue weighted by Gasteiger charge is -2.32. The van der Waals surface area contributed by atoms with Gasteiger partial charge >= 0.3 is 7.25 Å². The molecule has 1 rings (SSSR count). The maximum atomic E-state index is 8.53. The van der Waals surface area contributed by atoms with Crippen LogP contribution >= 0.6 is 0 Å². The van der Waals surface area contributed by atoms with Crippen molar-refractivity contribution in [3.05, 3.63) is 0 Å². The molecule has 4 nitrogen and oxygen atoms in total. The minimum Gasteiger partial charge on any atom is -0.388 e. The van der Waals surface area contributed by atoms with E-state index in [9.17, 15) is 0 Å². The zero-order chi connectivity index (χ0) is 8.70. The van der Waals surface area contributed by atoms with E-state index in [1.165, 1.54) is 0 Å². The Labute approximate surface area is 67.0 Å². The SMILES string of the molecule is CC1(C)OB(NO)OC1(C)C. The molecular formula is C6H14BNO3. The van der Waals surface area contributed by atoms with Crippen molar-refractivity contribution < 1.29 is 14.5 Å². The molecule has 1 heterocycles. The fraction of sp³-hybridized carbons (Fsp3) is 1.00. The lowest BCUT2D eigenvalue weighted by atomic mass is 9.90. The van der Waals surface area contributed by atoms with Crippen molar-refractivity contribution in [1.82, 2.24) is 5.39 Å². The van der Waals surface area contributed by atoms with E-state index in [4.69, 9.17) is 14.5 Å². The van der Waals surface area contributed by atoms with Crippen molar-refractivity contribution in [1.29, 1.82) is 0 Å². The lowest BCUT2D eigenvalue weighted by molar-refractivity contribution is 0.00578. The van der Waals surface area contributed by atoms with Gasteiger partial charge in [-0.1, -0.05) is 0 Å². The minimum absolute atomic E-state index is 0.382. The second kappa shape index (κ2) is 2.45. The summed E-state index contributed by atoms with van der Waals surface area (Å²) in [5.74, 6) is 0. The molecular weight excluding hydrogens is 145 g/mol. The van der Waals surface area contributed by atoms with Gasteiger partial charge in [0.1, 0.15) is 0 Å². The zero-order valence-electron chi connectivity index (χ0n) is 7.34. The molecule has 5 heteroatoms. The topological polar surface area (TPSA) is 50.7 Å². The Morgan fingerprint density at radius 2 is 1.45 bits per heavy atom. The van der Waals surface area contributed by atoms with Crippen molar-refractivity contribution in [3.63, 3.8) is 0 Å². The van der Waals surface area contributed by atoms with Crippen LogP contribution < -0.4 is 5.39 Å². The van der Waals surface area contributed by atoms with E-state index >= 15 is 0 Å². The quantitative estimate of drug-likeness (QED) is 0.433. The maximum Gasteiger partial charge on any atom is 0.580 e. The molecule has 0 spiro atoms. The third-order valence-electron chi connectivity index (χ3n) is 2.36. The van der Waals surface area contributed by atoms with Gasteiger partial charge in [-0.3, -0.25) is 0 Å². The van der Waals surface area contributed by atoms with Crippen molar-refractivity contribution in [2.75, 3.05) is 0 Å². The van der Waals surface area contributed by atoms with Crippen LogP contribution in [0.1, 0.15) is 27.7 Å². The van der Waals surface area contributed by atoms with Crippen LogP contribution in [0.25, 0.3) is 0 Å². The lowest BCUT2D eigenvalue weighted by Crippen LogP contribution is -2.41. The average molecular weight is 159 g/mol. The predicted octanol–water partition coefficient (Wildman–Crippen LogP) is 0.554. The predicted molar refractivity (Wildman–Crippen MR) is 41.0 cm³/mol. The van der Waals surface area contributed by atoms with E-state index in [1.54, 1.807) is 0 Å². The molecule has 0 bridgehead atoms. The number of nitrogens with one attached hydrogen (secondary N) is 1. The zero-order valence-corrected chi connectivity index (χ0v) is 7.34. The molecule has 0 unspecified atom stereocenters. The van der Waals surface area contributed by atoms with Crippen molar-refractivity contribution in [2.24, 2.45) is 0 Å². The van der Waals surface area contributed by atoms with E-state index in [0.717, 1.165) is 0 Å². The van der Waals surface area contributed by atoms with Crippen molar-refractivity contribution in [3.8, 4) is 0 Å². The number of hydrogen-bond donors (Lipinski definition) is 2. The number of hydrogen-bond acceptors (Lipinski definition) is 4. The van der Waals surface area contributed by atoms with Crippen LogP contribution in [0.15, 0.2) is 0 Å². The van der Waals surface area contributed by atoms with Gasteiger partial charge in [0.15, 0.2) is 0 Å². The Kier molecular flexibility index (Phi) is 2.00. The second-order valence-electron chi connectivity index (χ2n) is 3.72. The highest BCUT2D eigenvalue weighted by Crippen LogP contribution is 2.35. The van der Waals surface area contributed by atoms with Crippen molar-refractivity contribution >= 4 is 7.25 Å². The summed E-state index contributed by atoms with van der Waals surface area (Å²) in [5.41, 5.74) is -0.763. The van der Waals surface area contributed by atoms with Gasteiger partial charge in [0.2, 0.25) is 0 Å². The molecule has 0 aliphatic carbocycles. The molecule has 0 radical (unpaired) electrons. The second-order valence-corrected chi connectivity index (χ2v) is 3.72. The molecule has 0 aromatic heterocycles. The Morgan fingerprint density at radius 1 is 1.09 bits per heavy atom. The van der Waals surface area contributed by atoms with Crippen LogP contribution in [-0.4, -0.2) is 23.7 Å². The molecule has 64 valence electrons. The monoisotopic (exact) mass is 159 g/mol. The van der Waals surface area contributed by atoms with Crippen LogP contribution in [0.3, 0.4) is 0 Å². The first-order chi connectivity index (χ1) is 4.89. The van der Waals surface area contributed by atoms with E-state index in [0.29, 0.717) is 0 Å². The molecule has 0 aromatic rings. The molecule has 1 saturated heterocycles. The van der Waals surface area contributed by atoms with Gasteiger partial charge in [-0.2, -0.15) is 5.39 Å². The summed E-state index contributed by atoms with van der Waals surface area (Å²) in [7, 11) is -0.708. The molecule has 1 aliphatic rings. The molecule has 0 atom stereocenters. The highest BCUT2D eigenvalue weighted by atomic mass is 16.7. The van der Waals surface area contributed by atoms with Crippen LogP contribution in [0.4, 0.5) is 0 Å². The Morgan fingerprint density at radius 3 is 1.64 bits per heavy atom. The fourth-order valence-electron chi connectivity index (χ4n) is 0.896. The van der Waals surface area contributed by atoms with E-state index in [2.05, 4.69) is 0 Å². The van der Waals surface area contributed by atoms with Gasteiger partial charge in [-0.05, 0) is 27.7 Å². The van der Waals surface area contributed by atoms with Crippen LogP contribution in [0.2, 0.25) is 0 Å². The molecule has 0 saturated carbocycles. The molecule has 2 N–H and O–H groups in total. The Balaban J connectivity index is 2.72. The van der Waals surface area contributed by atoms with Crippen LogP contribution in [-0.2, 0) is 9.31 Å². The Hall–Kier alpha value is -0.0951. The van der Waals surface area contributed by atoms with Gasteiger partial charge in [0, 0.05) is 0 Å². The van der Waals surface area contributed by atoms with E-state index in [-0.39, 0.29) is 11.2 Å². The van der Waals surface area contributed by atoms with Crippen LogP contribution in [0, 0.1) is 0 Å². The maximum absolute atomic E-state index is 8.53. The summed E-state index contributed by atoms with van der Waals surface area (Å²) in [5, 5.41) is 10.5. The summed E-state index contributed by atoms with van der Waals surface area (Å²) >= 11 is 0. The molecule has 1 aliphatic heterocycles. The van der Waals surface area contributed by atoms with E-state index in [1.807, 2.05) is 33.1 Å². The number of rotatable bonds is 1. The summed E-state index contributed by atoms with van der Waals surface area (Å²) in [6.45, 7) is 7.68. The first kappa shape index (κ1) is 9.00. The van der Waals surface area contributed by atoms with E-state index < -0.39 is 7.25 Å². The Bertz CT molecular complexity index is 144.